The molecule has 0 saturated heterocycles. The Hall–Kier alpha value is 0.400. The highest BCUT2D eigenvalue weighted by atomic mass is 79.9. The molecule has 3 heteroatoms. The van der Waals surface area contributed by atoms with Gasteiger partial charge in [-0.05, 0) is 19.3 Å². The lowest BCUT2D eigenvalue weighted by atomic mass is 9.76. The van der Waals surface area contributed by atoms with Crippen molar-refractivity contribution in [3.05, 3.63) is 0 Å². The van der Waals surface area contributed by atoms with Crippen LogP contribution in [0.4, 0.5) is 0 Å². The summed E-state index contributed by atoms with van der Waals surface area (Å²) in [6.45, 7) is 5.46. The summed E-state index contributed by atoms with van der Waals surface area (Å²) in [5.74, 6) is 0. The quantitative estimate of drug-likeness (QED) is 0.470. The molecule has 1 aliphatic rings. The minimum Gasteiger partial charge on any atom is -0.379 e. The zero-order chi connectivity index (χ0) is 12.4. The molecule has 0 unspecified atom stereocenters. The third-order valence-corrected chi connectivity index (χ3v) is 4.81. The van der Waals surface area contributed by atoms with Crippen LogP contribution in [0.15, 0.2) is 0 Å². The second-order valence-corrected chi connectivity index (χ2v) is 5.77. The average molecular weight is 307 g/mol. The maximum Gasteiger partial charge on any atom is 0.0700 e. The van der Waals surface area contributed by atoms with Crippen molar-refractivity contribution in [3.8, 4) is 0 Å². The smallest absolute Gasteiger partial charge is 0.0700 e. The van der Waals surface area contributed by atoms with Crippen LogP contribution in [0.1, 0.15) is 51.9 Å². The third-order valence-electron chi connectivity index (χ3n) is 3.62. The van der Waals surface area contributed by atoms with Gasteiger partial charge in [0.2, 0.25) is 0 Å². The highest BCUT2D eigenvalue weighted by Crippen LogP contribution is 2.37. The number of halogens is 1. The van der Waals surface area contributed by atoms with Gasteiger partial charge in [-0.1, -0.05) is 48.5 Å². The SMILES string of the molecule is CCCCOCCOCC1(CBr)CCCCC1. The Morgan fingerprint density at radius 2 is 1.71 bits per heavy atom. The van der Waals surface area contributed by atoms with Crippen molar-refractivity contribution in [2.24, 2.45) is 5.41 Å². The summed E-state index contributed by atoms with van der Waals surface area (Å²) >= 11 is 3.66. The molecule has 0 aromatic heterocycles. The molecule has 1 fully saturated rings. The Balaban J connectivity index is 2.03. The van der Waals surface area contributed by atoms with Gasteiger partial charge in [-0.3, -0.25) is 0 Å². The largest absolute Gasteiger partial charge is 0.379 e. The molecule has 0 spiro atoms. The first-order chi connectivity index (χ1) is 8.33. The van der Waals surface area contributed by atoms with Gasteiger partial charge in [0.15, 0.2) is 0 Å². The van der Waals surface area contributed by atoms with Crippen molar-refractivity contribution in [1.82, 2.24) is 0 Å². The Morgan fingerprint density at radius 1 is 1.00 bits per heavy atom. The minimum atomic E-state index is 0.404. The van der Waals surface area contributed by atoms with Crippen LogP contribution in [-0.2, 0) is 9.47 Å². The van der Waals surface area contributed by atoms with Crippen molar-refractivity contribution in [1.29, 1.82) is 0 Å². The number of alkyl halides is 1. The molecule has 0 amide bonds. The third kappa shape index (κ3) is 6.21. The lowest BCUT2D eigenvalue weighted by Gasteiger charge is -2.35. The second kappa shape index (κ2) is 9.35. The molecule has 1 aliphatic carbocycles. The van der Waals surface area contributed by atoms with E-state index in [9.17, 15) is 0 Å². The van der Waals surface area contributed by atoms with Crippen LogP contribution >= 0.6 is 15.9 Å². The van der Waals surface area contributed by atoms with E-state index in [1.165, 1.54) is 38.5 Å². The van der Waals surface area contributed by atoms with Crippen LogP contribution in [0.25, 0.3) is 0 Å². The molecule has 102 valence electrons. The summed E-state index contributed by atoms with van der Waals surface area (Å²) in [7, 11) is 0. The zero-order valence-electron chi connectivity index (χ0n) is 11.2. The first-order valence-electron chi connectivity index (χ1n) is 7.04. The van der Waals surface area contributed by atoms with Crippen molar-refractivity contribution in [2.45, 2.75) is 51.9 Å². The fraction of sp³-hybridized carbons (Fsp3) is 1.00. The molecule has 17 heavy (non-hydrogen) atoms. The predicted molar refractivity (Wildman–Crippen MR) is 75.9 cm³/mol. The summed E-state index contributed by atoms with van der Waals surface area (Å²) < 4.78 is 11.3. The van der Waals surface area contributed by atoms with Gasteiger partial charge in [0, 0.05) is 17.4 Å². The molecular weight excluding hydrogens is 280 g/mol. The summed E-state index contributed by atoms with van der Waals surface area (Å²) in [6.07, 6.45) is 9.11. The molecule has 0 aromatic carbocycles. The number of hydrogen-bond acceptors (Lipinski definition) is 2. The van der Waals surface area contributed by atoms with Crippen LogP contribution in [0.3, 0.4) is 0 Å². The van der Waals surface area contributed by atoms with Crippen LogP contribution in [0.5, 0.6) is 0 Å². The van der Waals surface area contributed by atoms with E-state index >= 15 is 0 Å². The van der Waals surface area contributed by atoms with Crippen LogP contribution in [0, 0.1) is 5.41 Å². The van der Waals surface area contributed by atoms with Gasteiger partial charge >= 0.3 is 0 Å². The normalized spacial score (nSPS) is 19.4. The van der Waals surface area contributed by atoms with Gasteiger partial charge < -0.3 is 9.47 Å². The van der Waals surface area contributed by atoms with Gasteiger partial charge in [0.05, 0.1) is 19.8 Å². The lowest BCUT2D eigenvalue weighted by Crippen LogP contribution is -2.31. The number of ether oxygens (including phenoxy) is 2. The summed E-state index contributed by atoms with van der Waals surface area (Å²) in [6, 6.07) is 0. The van der Waals surface area contributed by atoms with E-state index in [2.05, 4.69) is 22.9 Å². The van der Waals surface area contributed by atoms with E-state index in [0.29, 0.717) is 5.41 Å². The summed E-state index contributed by atoms with van der Waals surface area (Å²) in [5.41, 5.74) is 0.404. The first kappa shape index (κ1) is 15.5. The van der Waals surface area contributed by atoms with E-state index in [0.717, 1.165) is 38.2 Å². The maximum absolute atomic E-state index is 5.79. The Labute approximate surface area is 115 Å². The second-order valence-electron chi connectivity index (χ2n) is 5.21. The summed E-state index contributed by atoms with van der Waals surface area (Å²) in [4.78, 5) is 0. The van der Waals surface area contributed by atoms with Crippen molar-refractivity contribution < 1.29 is 9.47 Å². The van der Waals surface area contributed by atoms with E-state index in [1.807, 2.05) is 0 Å². The molecule has 1 rings (SSSR count). The molecule has 0 radical (unpaired) electrons. The molecule has 0 bridgehead atoms. The maximum atomic E-state index is 5.79. The van der Waals surface area contributed by atoms with Crippen molar-refractivity contribution >= 4 is 15.9 Å². The molecule has 0 atom stereocenters. The number of hydrogen-bond donors (Lipinski definition) is 0. The molecular formula is C14H27BrO2. The molecule has 1 saturated carbocycles. The zero-order valence-corrected chi connectivity index (χ0v) is 12.8. The summed E-state index contributed by atoms with van der Waals surface area (Å²) in [5, 5.41) is 1.08. The molecule has 2 nitrogen and oxygen atoms in total. The van der Waals surface area contributed by atoms with Crippen LogP contribution in [-0.4, -0.2) is 31.8 Å². The van der Waals surface area contributed by atoms with Gasteiger partial charge in [-0.15, -0.1) is 0 Å². The highest BCUT2D eigenvalue weighted by Gasteiger charge is 2.30. The Morgan fingerprint density at radius 3 is 2.35 bits per heavy atom. The van der Waals surface area contributed by atoms with Crippen LogP contribution < -0.4 is 0 Å². The minimum absolute atomic E-state index is 0.404. The van der Waals surface area contributed by atoms with Crippen molar-refractivity contribution in [2.75, 3.05) is 31.8 Å². The van der Waals surface area contributed by atoms with Crippen LogP contribution in [0.2, 0.25) is 0 Å². The van der Waals surface area contributed by atoms with Gasteiger partial charge in [0.25, 0.3) is 0 Å². The van der Waals surface area contributed by atoms with E-state index in [-0.39, 0.29) is 0 Å². The fourth-order valence-corrected chi connectivity index (χ4v) is 3.10. The molecule has 0 heterocycles. The topological polar surface area (TPSA) is 18.5 Å². The Bertz CT molecular complexity index is 179. The molecule has 0 N–H and O–H groups in total. The van der Waals surface area contributed by atoms with Gasteiger partial charge in [-0.25, -0.2) is 0 Å². The van der Waals surface area contributed by atoms with Gasteiger partial charge in [-0.2, -0.15) is 0 Å². The van der Waals surface area contributed by atoms with E-state index < -0.39 is 0 Å². The molecule has 0 aliphatic heterocycles. The lowest BCUT2D eigenvalue weighted by molar-refractivity contribution is -0.000347. The average Bonchev–Trinajstić information content (AvgIpc) is 2.39. The first-order valence-corrected chi connectivity index (χ1v) is 8.16. The van der Waals surface area contributed by atoms with Gasteiger partial charge in [0.1, 0.15) is 0 Å². The molecule has 0 aromatic rings. The van der Waals surface area contributed by atoms with Crippen molar-refractivity contribution in [3.63, 3.8) is 0 Å². The standard InChI is InChI=1S/C14H27BrO2/c1-2-3-9-16-10-11-17-13-14(12-15)7-5-4-6-8-14/h2-13H2,1H3. The van der Waals surface area contributed by atoms with E-state index in [1.54, 1.807) is 0 Å². The Kier molecular flexibility index (Phi) is 8.50. The highest BCUT2D eigenvalue weighted by molar-refractivity contribution is 9.09. The number of rotatable bonds is 9. The predicted octanol–water partition coefficient (Wildman–Crippen LogP) is 4.17. The number of unbranched alkanes of at least 4 members (excludes halogenated alkanes) is 1. The van der Waals surface area contributed by atoms with E-state index in [4.69, 9.17) is 9.47 Å². The monoisotopic (exact) mass is 306 g/mol. The fourth-order valence-electron chi connectivity index (χ4n) is 2.37.